The lowest BCUT2D eigenvalue weighted by atomic mass is 10.6. The van der Waals surface area contributed by atoms with Crippen LogP contribution in [-0.4, -0.2) is 2.65 Å². The predicted octanol–water partition coefficient (Wildman–Crippen LogP) is 3.81. The first-order valence-corrected chi connectivity index (χ1v) is 4.55. The minimum atomic E-state index is 0.271. The minimum absolute atomic E-state index is 0.271. The van der Waals surface area contributed by atoms with Crippen LogP contribution in [0.4, 0.5) is 0 Å². The first-order valence-electron chi connectivity index (χ1n) is 1.80. The van der Waals surface area contributed by atoms with Crippen molar-refractivity contribution in [2.75, 3.05) is 0 Å². The predicted molar refractivity (Wildman–Crippen MR) is 51.0 cm³/mol. The molecule has 0 amide bonds. The standard InChI is InChI=1S/C4H6.CHBr3/c1-3-4-2;2-1(3)4/h3-4H,1-2H2;1H. The molecule has 0 nitrogen and oxygen atoms in total. The zero-order chi connectivity index (χ0) is 6.99. The number of alkyl halides is 3. The van der Waals surface area contributed by atoms with Crippen LogP contribution in [0.5, 0.6) is 0 Å². The first kappa shape index (κ1) is 11.7. The highest BCUT2D eigenvalue weighted by Gasteiger charge is 1.77. The topological polar surface area (TPSA) is 0 Å². The van der Waals surface area contributed by atoms with Gasteiger partial charge in [0, 0.05) is 0 Å². The van der Waals surface area contributed by atoms with Gasteiger partial charge in [0.25, 0.3) is 0 Å². The molecule has 0 aromatic heterocycles. The van der Waals surface area contributed by atoms with Crippen molar-refractivity contribution in [3.05, 3.63) is 25.3 Å². The van der Waals surface area contributed by atoms with E-state index in [2.05, 4.69) is 60.9 Å². The number of rotatable bonds is 1. The number of hydrogen-bond acceptors (Lipinski definition) is 0. The van der Waals surface area contributed by atoms with Gasteiger partial charge in [-0.05, 0) is 0 Å². The number of hydrogen-bond donors (Lipinski definition) is 0. The molecule has 0 heterocycles. The van der Waals surface area contributed by atoms with Crippen molar-refractivity contribution in [3.63, 3.8) is 0 Å². The average molecular weight is 307 g/mol. The van der Waals surface area contributed by atoms with Crippen molar-refractivity contribution in [1.82, 2.24) is 0 Å². The molecule has 0 rings (SSSR count). The van der Waals surface area contributed by atoms with Gasteiger partial charge in [0.1, 0.15) is 2.65 Å². The normalized spacial score (nSPS) is 7.00. The molecule has 0 saturated heterocycles. The van der Waals surface area contributed by atoms with E-state index < -0.39 is 0 Å². The Balaban J connectivity index is 0. The third kappa shape index (κ3) is 65.8. The molecule has 0 saturated carbocycles. The van der Waals surface area contributed by atoms with E-state index in [0.29, 0.717) is 0 Å². The fraction of sp³-hybridized carbons (Fsp3) is 0.200. The van der Waals surface area contributed by atoms with Gasteiger partial charge < -0.3 is 0 Å². The summed E-state index contributed by atoms with van der Waals surface area (Å²) in [5.74, 6) is 0. The van der Waals surface area contributed by atoms with E-state index in [1.165, 1.54) is 0 Å². The molecule has 3 heteroatoms. The van der Waals surface area contributed by atoms with Crippen LogP contribution in [0.2, 0.25) is 0 Å². The van der Waals surface area contributed by atoms with E-state index in [0.717, 1.165) is 0 Å². The second kappa shape index (κ2) is 10.8. The van der Waals surface area contributed by atoms with Crippen molar-refractivity contribution in [2.45, 2.75) is 2.65 Å². The summed E-state index contributed by atoms with van der Waals surface area (Å²) in [6.07, 6.45) is 3.28. The first-order chi connectivity index (χ1) is 3.65. The molecule has 48 valence electrons. The van der Waals surface area contributed by atoms with Crippen molar-refractivity contribution in [2.24, 2.45) is 0 Å². The SMILES string of the molecule is BrC(Br)Br.C=CC=C. The van der Waals surface area contributed by atoms with Gasteiger partial charge in [-0.15, -0.1) is 0 Å². The van der Waals surface area contributed by atoms with Gasteiger partial charge in [0.15, 0.2) is 0 Å². The highest BCUT2D eigenvalue weighted by Crippen LogP contribution is 2.13. The second-order valence-corrected chi connectivity index (χ2v) is 7.15. The highest BCUT2D eigenvalue weighted by atomic mass is 80.0. The molecular formula is C5H7Br3. The molecule has 0 atom stereocenters. The third-order valence-electron chi connectivity index (χ3n) is 0.167. The average Bonchev–Trinajstić information content (AvgIpc) is 1.65. The lowest BCUT2D eigenvalue weighted by Crippen LogP contribution is -1.49. The van der Waals surface area contributed by atoms with Crippen LogP contribution in [0.25, 0.3) is 0 Å². The monoisotopic (exact) mass is 304 g/mol. The molecule has 0 spiro atoms. The summed E-state index contributed by atoms with van der Waals surface area (Å²) in [7, 11) is 0. The van der Waals surface area contributed by atoms with Gasteiger partial charge in [0.2, 0.25) is 0 Å². The minimum Gasteiger partial charge on any atom is -0.0991 e. The Morgan fingerprint density at radius 2 is 1.12 bits per heavy atom. The van der Waals surface area contributed by atoms with Gasteiger partial charge >= 0.3 is 0 Å². The molecule has 0 fully saturated rings. The Morgan fingerprint density at radius 1 is 1.00 bits per heavy atom. The van der Waals surface area contributed by atoms with Crippen molar-refractivity contribution >= 4 is 47.8 Å². The molecule has 0 aliphatic carbocycles. The summed E-state index contributed by atoms with van der Waals surface area (Å²) in [5, 5.41) is 0. The zero-order valence-corrected chi connectivity index (χ0v) is 9.04. The summed E-state index contributed by atoms with van der Waals surface area (Å²) < 4.78 is 0.271. The molecule has 0 aliphatic heterocycles. The summed E-state index contributed by atoms with van der Waals surface area (Å²) in [5.41, 5.74) is 0. The lowest BCUT2D eigenvalue weighted by Gasteiger charge is -1.70. The highest BCUT2D eigenvalue weighted by molar-refractivity contribution is 9.38. The smallest absolute Gasteiger partial charge is 0.0991 e. The Hall–Kier alpha value is 0.920. The maximum Gasteiger partial charge on any atom is 0.124 e. The van der Waals surface area contributed by atoms with Gasteiger partial charge in [-0.2, -0.15) is 0 Å². The Labute approximate surface area is 75.4 Å². The molecule has 0 N–H and O–H groups in total. The van der Waals surface area contributed by atoms with E-state index in [1.807, 2.05) is 0 Å². The number of allylic oxidation sites excluding steroid dienone is 2. The van der Waals surface area contributed by atoms with Crippen molar-refractivity contribution in [1.29, 1.82) is 0 Å². The summed E-state index contributed by atoms with van der Waals surface area (Å²) in [6, 6.07) is 0. The van der Waals surface area contributed by atoms with Crippen LogP contribution in [0.1, 0.15) is 0 Å². The van der Waals surface area contributed by atoms with E-state index >= 15 is 0 Å². The van der Waals surface area contributed by atoms with Crippen molar-refractivity contribution in [3.8, 4) is 0 Å². The molecular weight excluding hydrogens is 300 g/mol. The molecule has 0 aromatic carbocycles. The molecule has 0 unspecified atom stereocenters. The largest absolute Gasteiger partial charge is 0.124 e. The van der Waals surface area contributed by atoms with Crippen LogP contribution in [0.15, 0.2) is 25.3 Å². The lowest BCUT2D eigenvalue weighted by molar-refractivity contribution is 2.15. The Kier molecular flexibility index (Phi) is 15.8. The fourth-order valence-electron chi connectivity index (χ4n) is 0. The fourth-order valence-corrected chi connectivity index (χ4v) is 0. The van der Waals surface area contributed by atoms with Crippen LogP contribution in [-0.2, 0) is 0 Å². The van der Waals surface area contributed by atoms with Crippen LogP contribution in [0, 0.1) is 0 Å². The van der Waals surface area contributed by atoms with Gasteiger partial charge in [0.05, 0.1) is 0 Å². The molecule has 0 bridgehead atoms. The molecule has 0 aromatic rings. The van der Waals surface area contributed by atoms with Gasteiger partial charge in [-0.25, -0.2) is 0 Å². The van der Waals surface area contributed by atoms with Crippen LogP contribution < -0.4 is 0 Å². The summed E-state index contributed by atoms with van der Waals surface area (Å²) in [6.45, 7) is 6.72. The van der Waals surface area contributed by atoms with Crippen LogP contribution in [0.3, 0.4) is 0 Å². The second-order valence-electron chi connectivity index (χ2n) is 0.719. The number of halogens is 3. The maximum absolute atomic E-state index is 3.36. The molecule has 0 aliphatic rings. The summed E-state index contributed by atoms with van der Waals surface area (Å²) in [4.78, 5) is 0. The quantitative estimate of drug-likeness (QED) is 0.510. The van der Waals surface area contributed by atoms with E-state index in [4.69, 9.17) is 0 Å². The third-order valence-corrected chi connectivity index (χ3v) is 0.167. The van der Waals surface area contributed by atoms with Crippen molar-refractivity contribution < 1.29 is 0 Å². The van der Waals surface area contributed by atoms with Gasteiger partial charge in [-0.3, -0.25) is 0 Å². The molecule has 0 radical (unpaired) electrons. The van der Waals surface area contributed by atoms with E-state index in [1.54, 1.807) is 12.2 Å². The molecule has 8 heavy (non-hydrogen) atoms. The summed E-state index contributed by atoms with van der Waals surface area (Å²) >= 11 is 9.31. The van der Waals surface area contributed by atoms with E-state index in [-0.39, 0.29) is 2.65 Å². The van der Waals surface area contributed by atoms with Crippen LogP contribution >= 0.6 is 47.8 Å². The van der Waals surface area contributed by atoms with E-state index in [9.17, 15) is 0 Å². The Morgan fingerprint density at radius 3 is 1.12 bits per heavy atom. The maximum atomic E-state index is 3.36. The van der Waals surface area contributed by atoms with Gasteiger partial charge in [-0.1, -0.05) is 73.1 Å². The Bertz CT molecular complexity index is 49.9. The zero-order valence-electron chi connectivity index (χ0n) is 4.28.